The molecule has 1 amide bonds. The van der Waals surface area contributed by atoms with Crippen molar-refractivity contribution in [2.24, 2.45) is 5.10 Å². The highest BCUT2D eigenvalue weighted by atomic mass is 16.6. The van der Waals surface area contributed by atoms with E-state index in [9.17, 15) is 9.59 Å². The maximum absolute atomic E-state index is 12.4. The molecule has 196 valence electrons. The number of hydrazone groups is 1. The second kappa shape index (κ2) is 12.0. The number of aromatic nitrogens is 1. The molecular formula is C29H29N3O6. The molecule has 0 radical (unpaired) electrons. The summed E-state index contributed by atoms with van der Waals surface area (Å²) in [6.45, 7) is 5.90. The topological polar surface area (TPSA) is 104 Å². The highest BCUT2D eigenvalue weighted by molar-refractivity contribution is 5.92. The number of amides is 1. The normalized spacial score (nSPS) is 11.8. The number of esters is 1. The first kappa shape index (κ1) is 26.3. The van der Waals surface area contributed by atoms with E-state index >= 15 is 0 Å². The zero-order valence-corrected chi connectivity index (χ0v) is 21.6. The molecule has 9 heteroatoms. The van der Waals surface area contributed by atoms with Crippen LogP contribution in [0.15, 0.2) is 82.3 Å². The lowest BCUT2D eigenvalue weighted by Gasteiger charge is -2.12. The van der Waals surface area contributed by atoms with Crippen LogP contribution in [0.25, 0.3) is 5.69 Å². The van der Waals surface area contributed by atoms with E-state index < -0.39 is 18.0 Å². The largest absolute Gasteiger partial charge is 0.486 e. The van der Waals surface area contributed by atoms with Gasteiger partial charge < -0.3 is 23.2 Å². The molecule has 4 aromatic rings. The van der Waals surface area contributed by atoms with Gasteiger partial charge in [0, 0.05) is 17.1 Å². The lowest BCUT2D eigenvalue weighted by atomic mass is 10.2. The molecule has 0 fully saturated rings. The molecule has 38 heavy (non-hydrogen) atoms. The lowest BCUT2D eigenvalue weighted by molar-refractivity contribution is -0.147. The smallest absolute Gasteiger partial charge is 0.346 e. The number of nitrogens with zero attached hydrogens (tertiary/aromatic N) is 2. The summed E-state index contributed by atoms with van der Waals surface area (Å²) in [7, 11) is 1.30. The van der Waals surface area contributed by atoms with E-state index in [4.69, 9.17) is 13.9 Å². The van der Waals surface area contributed by atoms with Gasteiger partial charge in [-0.2, -0.15) is 5.10 Å². The second-order valence-electron chi connectivity index (χ2n) is 8.55. The molecular weight excluding hydrogens is 486 g/mol. The summed E-state index contributed by atoms with van der Waals surface area (Å²) in [4.78, 5) is 23.9. The third kappa shape index (κ3) is 6.50. The van der Waals surface area contributed by atoms with Crippen molar-refractivity contribution in [2.45, 2.75) is 33.5 Å². The van der Waals surface area contributed by atoms with E-state index in [0.29, 0.717) is 22.8 Å². The Bertz CT molecular complexity index is 1420. The number of hydrogen-bond acceptors (Lipinski definition) is 7. The van der Waals surface area contributed by atoms with Crippen molar-refractivity contribution in [3.8, 4) is 17.2 Å². The Hall–Kier alpha value is -4.79. The molecule has 0 saturated heterocycles. The molecule has 2 aromatic heterocycles. The van der Waals surface area contributed by atoms with Crippen molar-refractivity contribution in [3.05, 3.63) is 101 Å². The maximum atomic E-state index is 12.4. The Labute approximate surface area is 220 Å². The lowest BCUT2D eigenvalue weighted by Crippen LogP contribution is -2.24. The first-order valence-electron chi connectivity index (χ1n) is 12.0. The number of nitrogens with one attached hydrogen (secondary N) is 1. The van der Waals surface area contributed by atoms with Crippen LogP contribution in [0, 0.1) is 13.8 Å². The Morgan fingerprint density at radius 2 is 1.74 bits per heavy atom. The standard InChI is InChI=1S/C29H29N3O6/c1-19-8-9-20(2)32(19)23-10-12-24(13-11-23)36-18-26-14-15-27(38-26)28(33)31-30-17-22-6-5-7-25(16-22)37-21(3)29(34)35-4/h5-17,21H,18H2,1-4H3,(H,31,33)/b30-17+/t21-/m0/s1. The molecule has 0 aliphatic heterocycles. The first-order valence-corrected chi connectivity index (χ1v) is 12.0. The molecule has 2 heterocycles. The molecule has 0 aliphatic rings. The Morgan fingerprint density at radius 1 is 1.00 bits per heavy atom. The summed E-state index contributed by atoms with van der Waals surface area (Å²) in [6, 6.07) is 22.1. The van der Waals surface area contributed by atoms with Crippen molar-refractivity contribution in [2.75, 3.05) is 7.11 Å². The summed E-state index contributed by atoms with van der Waals surface area (Å²) < 4.78 is 23.8. The van der Waals surface area contributed by atoms with Crippen LogP contribution in [0.1, 0.15) is 40.2 Å². The van der Waals surface area contributed by atoms with Crippen LogP contribution in [0.4, 0.5) is 0 Å². The monoisotopic (exact) mass is 515 g/mol. The first-order chi connectivity index (χ1) is 18.3. The summed E-state index contributed by atoms with van der Waals surface area (Å²) in [5, 5.41) is 3.97. The summed E-state index contributed by atoms with van der Waals surface area (Å²) in [5.74, 6) is 0.800. The van der Waals surface area contributed by atoms with Crippen molar-refractivity contribution in [1.82, 2.24) is 9.99 Å². The molecule has 9 nitrogen and oxygen atoms in total. The van der Waals surface area contributed by atoms with Gasteiger partial charge in [0.05, 0.1) is 13.3 Å². The van der Waals surface area contributed by atoms with Gasteiger partial charge in [-0.25, -0.2) is 10.2 Å². The van der Waals surface area contributed by atoms with Gasteiger partial charge in [0.1, 0.15) is 23.9 Å². The van der Waals surface area contributed by atoms with Gasteiger partial charge in [-0.15, -0.1) is 0 Å². The van der Waals surface area contributed by atoms with Crippen LogP contribution in [-0.4, -0.2) is 35.9 Å². The van der Waals surface area contributed by atoms with Crippen LogP contribution >= 0.6 is 0 Å². The Morgan fingerprint density at radius 3 is 2.45 bits per heavy atom. The van der Waals surface area contributed by atoms with E-state index in [2.05, 4.69) is 45.8 Å². The highest BCUT2D eigenvalue weighted by Crippen LogP contribution is 2.21. The van der Waals surface area contributed by atoms with Crippen molar-refractivity contribution in [1.29, 1.82) is 0 Å². The van der Waals surface area contributed by atoms with E-state index in [1.165, 1.54) is 13.3 Å². The average Bonchev–Trinajstić information content (AvgIpc) is 3.53. The number of furan rings is 1. The van der Waals surface area contributed by atoms with Gasteiger partial charge in [0.2, 0.25) is 0 Å². The van der Waals surface area contributed by atoms with Crippen LogP contribution < -0.4 is 14.9 Å². The van der Waals surface area contributed by atoms with E-state index in [-0.39, 0.29) is 12.4 Å². The third-order valence-corrected chi connectivity index (χ3v) is 5.72. The van der Waals surface area contributed by atoms with Gasteiger partial charge in [-0.05, 0) is 87.0 Å². The summed E-state index contributed by atoms with van der Waals surface area (Å²) >= 11 is 0. The number of hydrogen-bond donors (Lipinski definition) is 1. The molecule has 0 unspecified atom stereocenters. The quantitative estimate of drug-likeness (QED) is 0.182. The molecule has 1 atom stereocenters. The van der Waals surface area contributed by atoms with Crippen molar-refractivity contribution < 1.29 is 28.2 Å². The van der Waals surface area contributed by atoms with Gasteiger partial charge in [-0.3, -0.25) is 4.79 Å². The molecule has 0 aliphatic carbocycles. The molecule has 0 bridgehead atoms. The third-order valence-electron chi connectivity index (χ3n) is 5.72. The molecule has 4 rings (SSSR count). The predicted octanol–water partition coefficient (Wildman–Crippen LogP) is 4.97. The number of aryl methyl sites for hydroxylation is 2. The fourth-order valence-electron chi connectivity index (χ4n) is 3.81. The minimum Gasteiger partial charge on any atom is -0.486 e. The van der Waals surface area contributed by atoms with Crippen molar-refractivity contribution >= 4 is 18.1 Å². The average molecular weight is 516 g/mol. The molecule has 1 N–H and O–H groups in total. The van der Waals surface area contributed by atoms with Crippen LogP contribution in [0.2, 0.25) is 0 Å². The van der Waals surface area contributed by atoms with Gasteiger partial charge >= 0.3 is 11.9 Å². The molecule has 2 aromatic carbocycles. The fourth-order valence-corrected chi connectivity index (χ4v) is 3.81. The number of carbonyl (C=O) groups excluding carboxylic acids is 2. The van der Waals surface area contributed by atoms with Crippen LogP contribution in [-0.2, 0) is 16.1 Å². The van der Waals surface area contributed by atoms with Gasteiger partial charge in [-0.1, -0.05) is 12.1 Å². The predicted molar refractivity (Wildman–Crippen MR) is 142 cm³/mol. The second-order valence-corrected chi connectivity index (χ2v) is 8.55. The zero-order chi connectivity index (χ0) is 27.1. The van der Waals surface area contributed by atoms with E-state index in [1.807, 2.05) is 24.3 Å². The summed E-state index contributed by atoms with van der Waals surface area (Å²) in [6.07, 6.45) is 0.711. The number of carbonyl (C=O) groups is 2. The minimum atomic E-state index is -0.748. The number of rotatable bonds is 10. The Kier molecular flexibility index (Phi) is 8.27. The number of methoxy groups -OCH3 is 1. The molecule has 0 saturated carbocycles. The van der Waals surface area contributed by atoms with Gasteiger partial charge in [0.15, 0.2) is 11.9 Å². The maximum Gasteiger partial charge on any atom is 0.346 e. The molecule has 0 spiro atoms. The van der Waals surface area contributed by atoms with E-state index in [1.54, 1.807) is 43.3 Å². The van der Waals surface area contributed by atoms with Crippen LogP contribution in [0.5, 0.6) is 11.5 Å². The number of ether oxygens (including phenoxy) is 3. The summed E-state index contributed by atoms with van der Waals surface area (Å²) in [5.41, 5.74) is 6.48. The SMILES string of the molecule is COC(=O)[C@H](C)Oc1cccc(/C=N/NC(=O)c2ccc(COc3ccc(-n4c(C)ccc4C)cc3)o2)c1. The highest BCUT2D eigenvalue weighted by Gasteiger charge is 2.15. The number of benzene rings is 2. The van der Waals surface area contributed by atoms with E-state index in [0.717, 1.165) is 17.1 Å². The zero-order valence-electron chi connectivity index (χ0n) is 21.6. The minimum absolute atomic E-state index is 0.110. The fraction of sp³-hybridized carbons (Fsp3) is 0.207. The Balaban J connectivity index is 1.28. The van der Waals surface area contributed by atoms with Crippen LogP contribution in [0.3, 0.4) is 0 Å². The van der Waals surface area contributed by atoms with Crippen molar-refractivity contribution in [3.63, 3.8) is 0 Å². The van der Waals surface area contributed by atoms with Gasteiger partial charge in [0.25, 0.3) is 0 Å².